The van der Waals surface area contributed by atoms with E-state index in [0.717, 1.165) is 22.3 Å². The number of thioether (sulfide) groups is 4. The molecule has 390 valence electrons. The van der Waals surface area contributed by atoms with Gasteiger partial charge in [0.15, 0.2) is 0 Å². The molecular weight excluding hydrogens is 985 g/mol. The van der Waals surface area contributed by atoms with Crippen LogP contribution in [0.15, 0.2) is 97.1 Å². The van der Waals surface area contributed by atoms with Crippen LogP contribution < -0.4 is 18.9 Å². The van der Waals surface area contributed by atoms with Crippen LogP contribution in [0.3, 0.4) is 0 Å². The molecule has 12 N–H and O–H groups in total. The maximum absolute atomic E-state index is 10.5. The van der Waals surface area contributed by atoms with Crippen LogP contribution in [0.2, 0.25) is 0 Å². The third-order valence-electron chi connectivity index (χ3n) is 10.4. The van der Waals surface area contributed by atoms with E-state index in [4.69, 9.17) is 39.4 Å². The summed E-state index contributed by atoms with van der Waals surface area (Å²) in [5, 5.41) is 117. The Morgan fingerprint density at radius 2 is 0.443 bits per heavy atom. The molecule has 0 bridgehead atoms. The minimum Gasteiger partial charge on any atom is -0.491 e. The van der Waals surface area contributed by atoms with Crippen molar-refractivity contribution in [3.05, 3.63) is 119 Å². The molecule has 8 unspecified atom stereocenters. The summed E-state index contributed by atoms with van der Waals surface area (Å²) in [5.74, 6) is 3.81. The Hall–Kier alpha value is -3.00. The molecule has 0 aliphatic rings. The van der Waals surface area contributed by atoms with Gasteiger partial charge in [-0.05, 0) is 70.8 Å². The van der Waals surface area contributed by atoms with Crippen LogP contribution in [0.4, 0.5) is 0 Å². The highest BCUT2D eigenvalue weighted by Gasteiger charge is 2.29. The Labute approximate surface area is 427 Å². The molecule has 0 saturated carbocycles. The molecule has 4 aromatic carbocycles. The minimum atomic E-state index is -0.867. The first-order chi connectivity index (χ1) is 33.8. The molecule has 0 amide bonds. The van der Waals surface area contributed by atoms with Crippen molar-refractivity contribution in [2.24, 2.45) is 0 Å². The van der Waals surface area contributed by atoms with Crippen molar-refractivity contribution in [1.29, 1.82) is 0 Å². The number of benzene rings is 4. The molecule has 0 fully saturated rings. The molecule has 0 aliphatic carbocycles. The summed E-state index contributed by atoms with van der Waals surface area (Å²) in [4.78, 5) is 0. The lowest BCUT2D eigenvalue weighted by Crippen LogP contribution is -2.22. The third kappa shape index (κ3) is 22.4. The van der Waals surface area contributed by atoms with Gasteiger partial charge < -0.3 is 80.2 Å². The highest BCUT2D eigenvalue weighted by atomic mass is 32.2. The van der Waals surface area contributed by atoms with Crippen LogP contribution in [0.5, 0.6) is 23.0 Å². The SMILES string of the molecule is OCC(O)CSCC(O)COc1ccc(C(c2ccc(OCC(O)CSCC(O)CO)cc2)C(c2ccc(OCC(O)CSCC(O)CO)cc2)c2ccc(OCC(O)CSCC(O)CO)cc2)cc1. The van der Waals surface area contributed by atoms with E-state index in [0.29, 0.717) is 46.0 Å². The van der Waals surface area contributed by atoms with Crippen molar-refractivity contribution in [1.82, 2.24) is 0 Å². The maximum Gasteiger partial charge on any atom is 0.119 e. The van der Waals surface area contributed by atoms with Crippen molar-refractivity contribution in [2.75, 3.05) is 98.9 Å². The second-order valence-corrected chi connectivity index (χ2v) is 20.9. The molecule has 20 heteroatoms. The predicted octanol–water partition coefficient (Wildman–Crippen LogP) is 1.96. The monoisotopic (exact) mass is 1050 g/mol. The van der Waals surface area contributed by atoms with Gasteiger partial charge in [-0.15, -0.1) is 0 Å². The van der Waals surface area contributed by atoms with Crippen LogP contribution in [-0.2, 0) is 0 Å². The fourth-order valence-electron chi connectivity index (χ4n) is 6.77. The molecule has 0 spiro atoms. The summed E-state index contributed by atoms with van der Waals surface area (Å²) in [6.07, 6.45) is -6.72. The first kappa shape index (κ1) is 59.6. The van der Waals surface area contributed by atoms with Gasteiger partial charge in [0, 0.05) is 57.9 Å². The Morgan fingerprint density at radius 1 is 0.271 bits per heavy atom. The number of rotatable bonds is 37. The van der Waals surface area contributed by atoms with E-state index in [1.54, 1.807) is 0 Å². The van der Waals surface area contributed by atoms with E-state index >= 15 is 0 Å². The Bertz CT molecular complexity index is 1670. The second-order valence-electron chi connectivity index (χ2n) is 16.6. The molecule has 0 radical (unpaired) electrons. The van der Waals surface area contributed by atoms with Gasteiger partial charge in [0.1, 0.15) is 49.4 Å². The molecule has 8 atom stereocenters. The fraction of sp³-hybridized carbons (Fsp3) is 0.520. The van der Waals surface area contributed by atoms with Gasteiger partial charge in [-0.3, -0.25) is 0 Å². The van der Waals surface area contributed by atoms with Gasteiger partial charge in [0.25, 0.3) is 0 Å². The zero-order valence-electron chi connectivity index (χ0n) is 39.0. The van der Waals surface area contributed by atoms with Crippen LogP contribution in [0, 0.1) is 0 Å². The lowest BCUT2D eigenvalue weighted by atomic mass is 9.73. The maximum atomic E-state index is 10.5. The molecular formula is C50H70O16S4. The third-order valence-corrected chi connectivity index (χ3v) is 15.3. The highest BCUT2D eigenvalue weighted by molar-refractivity contribution is 8.00. The number of aliphatic hydroxyl groups is 12. The van der Waals surface area contributed by atoms with Gasteiger partial charge in [-0.1, -0.05) is 48.5 Å². The molecule has 0 aliphatic heterocycles. The average Bonchev–Trinajstić information content (AvgIpc) is 3.38. The Kier molecular flexibility index (Phi) is 28.7. The van der Waals surface area contributed by atoms with Crippen molar-refractivity contribution >= 4 is 47.0 Å². The molecule has 4 rings (SSSR count). The quantitative estimate of drug-likeness (QED) is 0.0308. The lowest BCUT2D eigenvalue weighted by molar-refractivity contribution is 0.112. The molecule has 70 heavy (non-hydrogen) atoms. The first-order valence-corrected chi connectivity index (χ1v) is 27.5. The van der Waals surface area contributed by atoms with Crippen LogP contribution in [-0.4, -0.2) is 209 Å². The van der Waals surface area contributed by atoms with Crippen molar-refractivity contribution < 1.29 is 80.2 Å². The molecule has 4 aromatic rings. The largest absolute Gasteiger partial charge is 0.491 e. The van der Waals surface area contributed by atoms with E-state index in [1.807, 2.05) is 97.1 Å². The van der Waals surface area contributed by atoms with E-state index in [-0.39, 0.29) is 87.7 Å². The van der Waals surface area contributed by atoms with Gasteiger partial charge in [-0.2, -0.15) is 47.0 Å². The van der Waals surface area contributed by atoms with Gasteiger partial charge in [-0.25, -0.2) is 0 Å². The summed E-state index contributed by atoms with van der Waals surface area (Å²) >= 11 is 5.25. The molecule has 0 saturated heterocycles. The summed E-state index contributed by atoms with van der Waals surface area (Å²) in [7, 11) is 0. The first-order valence-electron chi connectivity index (χ1n) is 22.9. The Morgan fingerprint density at radius 3 is 0.614 bits per heavy atom. The van der Waals surface area contributed by atoms with Crippen molar-refractivity contribution in [3.8, 4) is 23.0 Å². The summed E-state index contributed by atoms with van der Waals surface area (Å²) in [5.41, 5.74) is 3.66. The van der Waals surface area contributed by atoms with Gasteiger partial charge in [0.05, 0.1) is 75.3 Å². The Balaban J connectivity index is 1.65. The summed E-state index contributed by atoms with van der Waals surface area (Å²) in [6.45, 7) is -1.36. The van der Waals surface area contributed by atoms with Crippen LogP contribution in [0.25, 0.3) is 0 Å². The smallest absolute Gasteiger partial charge is 0.119 e. The van der Waals surface area contributed by atoms with E-state index in [9.17, 15) is 40.9 Å². The van der Waals surface area contributed by atoms with Crippen molar-refractivity contribution in [2.45, 2.75) is 60.7 Å². The van der Waals surface area contributed by atoms with Crippen LogP contribution >= 0.6 is 47.0 Å². The average molecular weight is 1060 g/mol. The molecule has 0 heterocycles. The number of hydrogen-bond donors (Lipinski definition) is 12. The summed E-state index contributed by atoms with van der Waals surface area (Å²) < 4.78 is 23.8. The second kappa shape index (κ2) is 33.7. The molecule has 0 aromatic heterocycles. The van der Waals surface area contributed by atoms with Crippen LogP contribution in [0.1, 0.15) is 34.1 Å². The summed E-state index contributed by atoms with van der Waals surface area (Å²) in [6, 6.07) is 30.4. The van der Waals surface area contributed by atoms with Gasteiger partial charge >= 0.3 is 0 Å². The minimum absolute atomic E-state index is 0.0152. The fourth-order valence-corrected chi connectivity index (χ4v) is 10.3. The zero-order valence-corrected chi connectivity index (χ0v) is 42.2. The zero-order chi connectivity index (χ0) is 50.7. The standard InChI is InChI=1S/C50H70O16S4/c51-17-37(55)25-67-29-41(59)21-63-45-9-1-33(2-10-45)49(34-3-11-46(12-4-34)64-22-42(60)30-68-26-38(56)18-52)50(35-5-13-47(14-6-35)65-23-43(61)31-69-27-39(57)19-53)36-7-15-48(16-8-36)66-24-44(62)32-70-28-40(58)20-54/h1-16,37-44,49-62H,17-32H2. The van der Waals surface area contributed by atoms with E-state index in [1.165, 1.54) is 47.0 Å². The predicted molar refractivity (Wildman–Crippen MR) is 277 cm³/mol. The van der Waals surface area contributed by atoms with Crippen molar-refractivity contribution in [3.63, 3.8) is 0 Å². The lowest BCUT2D eigenvalue weighted by Gasteiger charge is -2.30. The highest BCUT2D eigenvalue weighted by Crippen LogP contribution is 2.44. The number of hydrogen-bond acceptors (Lipinski definition) is 20. The number of aliphatic hydroxyl groups excluding tert-OH is 12. The topological polar surface area (TPSA) is 280 Å². The molecule has 16 nitrogen and oxygen atoms in total. The van der Waals surface area contributed by atoms with E-state index in [2.05, 4.69) is 0 Å². The van der Waals surface area contributed by atoms with E-state index < -0.39 is 48.8 Å². The number of ether oxygens (including phenoxy) is 4. The normalized spacial score (nSPS) is 16.0. The van der Waals surface area contributed by atoms with Gasteiger partial charge in [0.2, 0.25) is 0 Å².